The number of nitrogens with zero attached hydrogens (tertiary/aromatic N) is 2. The van der Waals surface area contributed by atoms with Gasteiger partial charge >= 0.3 is 0 Å². The molecule has 0 aliphatic carbocycles. The second-order valence-corrected chi connectivity index (χ2v) is 7.14. The van der Waals surface area contributed by atoms with Crippen LogP contribution >= 0.6 is 11.6 Å². The summed E-state index contributed by atoms with van der Waals surface area (Å²) in [5.41, 5.74) is 2.00. The van der Waals surface area contributed by atoms with Gasteiger partial charge in [0, 0.05) is 24.6 Å². The topological polar surface area (TPSA) is 62.6 Å². The molecule has 0 N–H and O–H groups in total. The molecule has 0 atom stereocenters. The van der Waals surface area contributed by atoms with Crippen molar-refractivity contribution in [2.75, 3.05) is 31.2 Å². The number of ketones is 1. The summed E-state index contributed by atoms with van der Waals surface area (Å²) in [5, 5.41) is 9.92. The fraction of sp³-hybridized carbons (Fsp3) is 0.333. The highest BCUT2D eigenvalue weighted by Crippen LogP contribution is 2.35. The first-order valence-electron chi connectivity index (χ1n) is 9.05. The summed E-state index contributed by atoms with van der Waals surface area (Å²) in [5.74, 6) is 1.41. The predicted octanol–water partition coefficient (Wildman–Crippen LogP) is 4.08. The van der Waals surface area contributed by atoms with Gasteiger partial charge in [0.15, 0.2) is 17.3 Å². The number of rotatable bonds is 3. The number of halogens is 1. The third-order valence-corrected chi connectivity index (χ3v) is 5.42. The van der Waals surface area contributed by atoms with Crippen LogP contribution in [0.5, 0.6) is 11.5 Å². The summed E-state index contributed by atoms with van der Waals surface area (Å²) < 4.78 is 11.1. The van der Waals surface area contributed by atoms with Crippen molar-refractivity contribution in [2.24, 2.45) is 5.92 Å². The molecule has 4 rings (SSSR count). The van der Waals surface area contributed by atoms with E-state index in [1.54, 1.807) is 30.3 Å². The van der Waals surface area contributed by atoms with Crippen molar-refractivity contribution in [1.82, 2.24) is 0 Å². The third-order valence-electron chi connectivity index (χ3n) is 5.12. The van der Waals surface area contributed by atoms with Gasteiger partial charge in [0.2, 0.25) is 0 Å². The van der Waals surface area contributed by atoms with Gasteiger partial charge in [-0.1, -0.05) is 17.7 Å². The van der Waals surface area contributed by atoms with E-state index in [0.717, 1.165) is 18.5 Å². The van der Waals surface area contributed by atoms with Crippen molar-refractivity contribution in [1.29, 1.82) is 5.26 Å². The number of hydrogen-bond donors (Lipinski definition) is 0. The van der Waals surface area contributed by atoms with Crippen molar-refractivity contribution < 1.29 is 14.3 Å². The molecule has 0 radical (unpaired) electrons. The van der Waals surface area contributed by atoms with Gasteiger partial charge in [0.1, 0.15) is 19.3 Å². The van der Waals surface area contributed by atoms with Crippen LogP contribution in [0.2, 0.25) is 5.02 Å². The maximum Gasteiger partial charge on any atom is 0.166 e. The monoisotopic (exact) mass is 382 g/mol. The first-order chi connectivity index (χ1) is 13.2. The van der Waals surface area contributed by atoms with E-state index in [2.05, 4.69) is 11.0 Å². The minimum Gasteiger partial charge on any atom is -0.486 e. The van der Waals surface area contributed by atoms with Crippen LogP contribution < -0.4 is 14.4 Å². The second-order valence-electron chi connectivity index (χ2n) is 6.73. The Balaban J connectivity index is 1.47. The molecule has 2 aromatic rings. The molecule has 2 aromatic carbocycles. The number of para-hydroxylation sites is 1. The zero-order chi connectivity index (χ0) is 18.8. The van der Waals surface area contributed by atoms with Gasteiger partial charge in [0.25, 0.3) is 0 Å². The molecular formula is C21H19ClN2O3. The maximum absolute atomic E-state index is 12.9. The third kappa shape index (κ3) is 3.45. The molecular weight excluding hydrogens is 364 g/mol. The molecule has 6 heteroatoms. The number of hydrogen-bond acceptors (Lipinski definition) is 5. The van der Waals surface area contributed by atoms with Crippen LogP contribution in [0.15, 0.2) is 36.4 Å². The van der Waals surface area contributed by atoms with Gasteiger partial charge < -0.3 is 14.4 Å². The van der Waals surface area contributed by atoms with E-state index in [1.165, 1.54) is 0 Å². The predicted molar refractivity (Wildman–Crippen MR) is 103 cm³/mol. The first kappa shape index (κ1) is 17.7. The van der Waals surface area contributed by atoms with Crippen LogP contribution in [0, 0.1) is 17.2 Å². The van der Waals surface area contributed by atoms with Crippen molar-refractivity contribution in [3.05, 3.63) is 52.5 Å². The lowest BCUT2D eigenvalue weighted by atomic mass is 9.88. The Bertz CT molecular complexity index is 914. The van der Waals surface area contributed by atoms with Gasteiger partial charge in [-0.25, -0.2) is 0 Å². The van der Waals surface area contributed by atoms with E-state index >= 15 is 0 Å². The highest BCUT2D eigenvalue weighted by Gasteiger charge is 2.28. The normalized spacial score (nSPS) is 16.7. The summed E-state index contributed by atoms with van der Waals surface area (Å²) >= 11 is 6.32. The van der Waals surface area contributed by atoms with Crippen LogP contribution in [0.4, 0.5) is 5.69 Å². The van der Waals surface area contributed by atoms with E-state index in [0.29, 0.717) is 54.0 Å². The number of anilines is 1. The van der Waals surface area contributed by atoms with Gasteiger partial charge in [-0.15, -0.1) is 0 Å². The smallest absolute Gasteiger partial charge is 0.166 e. The number of fused-ring (bicyclic) bond motifs is 1. The average molecular weight is 383 g/mol. The second kappa shape index (κ2) is 7.50. The highest BCUT2D eigenvalue weighted by molar-refractivity contribution is 6.33. The molecule has 0 amide bonds. The van der Waals surface area contributed by atoms with Crippen LogP contribution in [0.3, 0.4) is 0 Å². The summed E-state index contributed by atoms with van der Waals surface area (Å²) in [4.78, 5) is 15.0. The van der Waals surface area contributed by atoms with Crippen molar-refractivity contribution in [3.8, 4) is 17.6 Å². The number of benzene rings is 2. The standard InChI is InChI=1S/C21H19ClN2O3/c22-17-3-1-2-16(13-23)20(17)24-8-6-14(7-9-24)21(25)15-4-5-18-19(12-15)27-11-10-26-18/h1-5,12,14H,6-11H2. The number of carbonyl (C=O) groups is 1. The molecule has 0 unspecified atom stereocenters. The SMILES string of the molecule is N#Cc1cccc(Cl)c1N1CCC(C(=O)c2ccc3c(c2)OCCO3)CC1. The zero-order valence-corrected chi connectivity index (χ0v) is 15.5. The molecule has 0 saturated carbocycles. The molecule has 27 heavy (non-hydrogen) atoms. The Morgan fingerprint density at radius 2 is 1.85 bits per heavy atom. The average Bonchev–Trinajstić information content (AvgIpc) is 2.73. The van der Waals surface area contributed by atoms with Gasteiger partial charge in [0.05, 0.1) is 16.3 Å². The van der Waals surface area contributed by atoms with E-state index < -0.39 is 0 Å². The number of carbonyl (C=O) groups excluding carboxylic acids is 1. The minimum atomic E-state index is -0.0446. The minimum absolute atomic E-state index is 0.0446. The summed E-state index contributed by atoms with van der Waals surface area (Å²) in [7, 11) is 0. The Morgan fingerprint density at radius 3 is 2.59 bits per heavy atom. The quantitative estimate of drug-likeness (QED) is 0.748. The van der Waals surface area contributed by atoms with Gasteiger partial charge in [-0.05, 0) is 43.2 Å². The van der Waals surface area contributed by atoms with Gasteiger partial charge in [-0.3, -0.25) is 4.79 Å². The molecule has 0 bridgehead atoms. The lowest BCUT2D eigenvalue weighted by Crippen LogP contribution is -2.37. The molecule has 5 nitrogen and oxygen atoms in total. The van der Waals surface area contributed by atoms with Crippen molar-refractivity contribution in [3.63, 3.8) is 0 Å². The van der Waals surface area contributed by atoms with E-state index in [-0.39, 0.29) is 11.7 Å². The van der Waals surface area contributed by atoms with Crippen LogP contribution in [-0.4, -0.2) is 32.1 Å². The molecule has 1 saturated heterocycles. The Labute approximate surface area is 163 Å². The molecule has 138 valence electrons. The van der Waals surface area contributed by atoms with Crippen LogP contribution in [0.1, 0.15) is 28.8 Å². The van der Waals surface area contributed by atoms with E-state index in [4.69, 9.17) is 21.1 Å². The fourth-order valence-electron chi connectivity index (χ4n) is 3.72. The first-order valence-corrected chi connectivity index (χ1v) is 9.42. The van der Waals surface area contributed by atoms with Gasteiger partial charge in [-0.2, -0.15) is 5.26 Å². The molecule has 0 spiro atoms. The van der Waals surface area contributed by atoms with Crippen LogP contribution in [0.25, 0.3) is 0 Å². The number of ether oxygens (including phenoxy) is 2. The molecule has 0 aromatic heterocycles. The lowest BCUT2D eigenvalue weighted by Gasteiger charge is -2.34. The molecule has 2 heterocycles. The van der Waals surface area contributed by atoms with E-state index in [9.17, 15) is 10.1 Å². The summed E-state index contributed by atoms with van der Waals surface area (Å²) in [6.07, 6.45) is 1.45. The number of piperidine rings is 1. The fourth-order valence-corrected chi connectivity index (χ4v) is 4.02. The van der Waals surface area contributed by atoms with Crippen molar-refractivity contribution >= 4 is 23.1 Å². The van der Waals surface area contributed by atoms with E-state index in [1.807, 2.05) is 6.07 Å². The van der Waals surface area contributed by atoms with Crippen LogP contribution in [-0.2, 0) is 0 Å². The summed E-state index contributed by atoms with van der Waals surface area (Å²) in [6.45, 7) is 2.42. The Morgan fingerprint density at radius 1 is 1.11 bits per heavy atom. The van der Waals surface area contributed by atoms with Crippen molar-refractivity contribution in [2.45, 2.75) is 12.8 Å². The highest BCUT2D eigenvalue weighted by atomic mass is 35.5. The maximum atomic E-state index is 12.9. The molecule has 1 fully saturated rings. The number of nitriles is 1. The molecule has 2 aliphatic heterocycles. The Hall–Kier alpha value is -2.71. The lowest BCUT2D eigenvalue weighted by molar-refractivity contribution is 0.0899. The molecule has 2 aliphatic rings. The zero-order valence-electron chi connectivity index (χ0n) is 14.8. The Kier molecular flexibility index (Phi) is 4.91. The largest absolute Gasteiger partial charge is 0.486 e. The summed E-state index contributed by atoms with van der Waals surface area (Å²) in [6, 6.07) is 12.9. The number of Topliss-reactive ketones (excluding diaryl/α,β-unsaturated/α-hetero) is 1.